The smallest absolute Gasteiger partial charge is 0.0794 e. The van der Waals surface area contributed by atoms with Crippen molar-refractivity contribution in [2.75, 3.05) is 0 Å². The van der Waals surface area contributed by atoms with Crippen molar-refractivity contribution < 1.29 is 5.11 Å². The van der Waals surface area contributed by atoms with E-state index >= 15 is 0 Å². The Hall–Kier alpha value is -0.410. The minimum absolute atomic E-state index is 0.192. The van der Waals surface area contributed by atoms with Gasteiger partial charge in [-0.15, -0.1) is 11.3 Å². The molecule has 0 bridgehead atoms. The average Bonchev–Trinajstić information content (AvgIpc) is 2.73. The van der Waals surface area contributed by atoms with Crippen LogP contribution in [-0.2, 0) is 6.42 Å². The zero-order valence-corrected chi connectivity index (χ0v) is 10.3. The van der Waals surface area contributed by atoms with Crippen molar-refractivity contribution in [3.63, 3.8) is 0 Å². The van der Waals surface area contributed by atoms with Gasteiger partial charge in [-0.25, -0.2) is 0 Å². The van der Waals surface area contributed by atoms with E-state index < -0.39 is 0 Å². The van der Waals surface area contributed by atoms with Crippen LogP contribution in [0.2, 0.25) is 0 Å². The molecule has 0 aliphatic heterocycles. The van der Waals surface area contributed by atoms with Crippen LogP contribution in [0, 0.1) is 11.3 Å². The molecule has 1 aliphatic carbocycles. The lowest BCUT2D eigenvalue weighted by molar-refractivity contribution is 0.0548. The predicted molar refractivity (Wildman–Crippen MR) is 62.9 cm³/mol. The van der Waals surface area contributed by atoms with Gasteiger partial charge in [-0.1, -0.05) is 20.3 Å². The van der Waals surface area contributed by atoms with Crippen molar-refractivity contribution in [3.8, 4) is 0 Å². The quantitative estimate of drug-likeness (QED) is 0.858. The highest BCUT2D eigenvalue weighted by Crippen LogP contribution is 2.44. The number of aliphatic hydroxyl groups excluding tert-OH is 1. The second-order valence-corrected chi connectivity index (χ2v) is 6.20. The molecule has 2 rings (SSSR count). The molecule has 0 radical (unpaired) electrons. The number of nitrogens with zero attached hydrogens (tertiary/aromatic N) is 1. The van der Waals surface area contributed by atoms with E-state index in [1.807, 2.05) is 11.7 Å². The minimum atomic E-state index is -0.192. The summed E-state index contributed by atoms with van der Waals surface area (Å²) in [5.74, 6) is 0.458. The normalized spacial score (nSPS) is 26.7. The zero-order chi connectivity index (χ0) is 10.9. The Morgan fingerprint density at radius 2 is 2.47 bits per heavy atom. The van der Waals surface area contributed by atoms with Crippen LogP contribution in [0.5, 0.6) is 0 Å². The van der Waals surface area contributed by atoms with Gasteiger partial charge in [0.2, 0.25) is 0 Å². The maximum absolute atomic E-state index is 10.2. The molecule has 1 aromatic heterocycles. The summed E-state index contributed by atoms with van der Waals surface area (Å²) in [6.45, 7) is 4.56. The van der Waals surface area contributed by atoms with Crippen molar-refractivity contribution in [1.29, 1.82) is 0 Å². The molecular formula is C12H19NOS. The summed E-state index contributed by atoms with van der Waals surface area (Å²) in [6, 6.07) is 0. The fraction of sp³-hybridized carbons (Fsp3) is 0.750. The third-order valence-electron chi connectivity index (χ3n) is 3.70. The second-order valence-electron chi connectivity index (χ2n) is 5.23. The first-order chi connectivity index (χ1) is 7.09. The highest BCUT2D eigenvalue weighted by atomic mass is 32.1. The fourth-order valence-corrected chi connectivity index (χ4v) is 3.40. The van der Waals surface area contributed by atoms with Crippen molar-refractivity contribution >= 4 is 11.3 Å². The first kappa shape index (κ1) is 11.1. The van der Waals surface area contributed by atoms with E-state index in [2.05, 4.69) is 18.8 Å². The molecule has 1 aliphatic rings. The summed E-state index contributed by atoms with van der Waals surface area (Å²) in [5, 5.41) is 10.2. The zero-order valence-electron chi connectivity index (χ0n) is 9.44. The van der Waals surface area contributed by atoms with Crippen LogP contribution in [0.1, 0.15) is 38.0 Å². The molecule has 0 saturated heterocycles. The van der Waals surface area contributed by atoms with Crippen LogP contribution >= 0.6 is 11.3 Å². The lowest BCUT2D eigenvalue weighted by Gasteiger charge is -2.30. The van der Waals surface area contributed by atoms with Gasteiger partial charge in [0, 0.05) is 17.5 Å². The Balaban J connectivity index is 1.99. The molecule has 2 unspecified atom stereocenters. The monoisotopic (exact) mass is 225 g/mol. The van der Waals surface area contributed by atoms with Gasteiger partial charge in [-0.05, 0) is 24.2 Å². The van der Waals surface area contributed by atoms with Crippen molar-refractivity contribution in [1.82, 2.24) is 4.98 Å². The van der Waals surface area contributed by atoms with Crippen molar-refractivity contribution in [3.05, 3.63) is 16.6 Å². The lowest BCUT2D eigenvalue weighted by atomic mass is 9.78. The lowest BCUT2D eigenvalue weighted by Crippen LogP contribution is -2.31. The van der Waals surface area contributed by atoms with E-state index in [1.165, 1.54) is 24.1 Å². The molecule has 2 nitrogen and oxygen atoms in total. The molecule has 0 aromatic carbocycles. The van der Waals surface area contributed by atoms with Gasteiger partial charge in [0.05, 0.1) is 11.6 Å². The Kier molecular flexibility index (Phi) is 3.12. The molecule has 3 heteroatoms. The van der Waals surface area contributed by atoms with Crippen molar-refractivity contribution in [2.45, 2.75) is 45.6 Å². The largest absolute Gasteiger partial charge is 0.392 e. The number of thiazole rings is 1. The van der Waals surface area contributed by atoms with Crippen LogP contribution in [0.4, 0.5) is 0 Å². The summed E-state index contributed by atoms with van der Waals surface area (Å²) >= 11 is 1.64. The maximum atomic E-state index is 10.2. The number of aliphatic hydroxyl groups is 1. The topological polar surface area (TPSA) is 33.1 Å². The van der Waals surface area contributed by atoms with Crippen LogP contribution in [0.3, 0.4) is 0 Å². The van der Waals surface area contributed by atoms with Gasteiger partial charge in [0.25, 0.3) is 0 Å². The van der Waals surface area contributed by atoms with Gasteiger partial charge in [-0.2, -0.15) is 0 Å². The molecule has 1 saturated carbocycles. The molecule has 15 heavy (non-hydrogen) atoms. The van der Waals surface area contributed by atoms with Gasteiger partial charge in [0.1, 0.15) is 0 Å². The van der Waals surface area contributed by atoms with Crippen LogP contribution in [-0.4, -0.2) is 16.2 Å². The second kappa shape index (κ2) is 4.22. The van der Waals surface area contributed by atoms with E-state index in [0.29, 0.717) is 11.3 Å². The average molecular weight is 225 g/mol. The standard InChI is InChI=1S/C12H19NOS/c1-12(2)5-3-4-10(12)11(14)6-9-7-13-8-15-9/h7-8,10-11,14H,3-6H2,1-2H3. The van der Waals surface area contributed by atoms with Crippen LogP contribution in [0.25, 0.3) is 0 Å². The number of hydrogen-bond acceptors (Lipinski definition) is 3. The van der Waals surface area contributed by atoms with E-state index in [9.17, 15) is 5.11 Å². The number of rotatable bonds is 3. The third kappa shape index (κ3) is 2.40. The Bertz CT molecular complexity index is 307. The molecule has 84 valence electrons. The molecule has 0 amide bonds. The number of hydrogen-bond donors (Lipinski definition) is 1. The molecule has 1 fully saturated rings. The molecular weight excluding hydrogens is 206 g/mol. The van der Waals surface area contributed by atoms with E-state index in [-0.39, 0.29) is 6.10 Å². The van der Waals surface area contributed by atoms with E-state index in [0.717, 1.165) is 6.42 Å². The first-order valence-electron chi connectivity index (χ1n) is 5.65. The fourth-order valence-electron chi connectivity index (χ4n) is 2.76. The summed E-state index contributed by atoms with van der Waals surface area (Å²) < 4.78 is 0. The van der Waals surface area contributed by atoms with Gasteiger partial charge in [0.15, 0.2) is 0 Å². The summed E-state index contributed by atoms with van der Waals surface area (Å²) in [6.07, 6.45) is 6.14. The molecule has 1 heterocycles. The van der Waals surface area contributed by atoms with E-state index in [1.54, 1.807) is 11.3 Å². The highest BCUT2D eigenvalue weighted by molar-refractivity contribution is 7.09. The molecule has 1 aromatic rings. The minimum Gasteiger partial charge on any atom is -0.392 e. The van der Waals surface area contributed by atoms with Crippen molar-refractivity contribution in [2.24, 2.45) is 11.3 Å². The Labute approximate surface area is 95.4 Å². The van der Waals surface area contributed by atoms with E-state index in [4.69, 9.17) is 0 Å². The number of aromatic nitrogens is 1. The predicted octanol–water partition coefficient (Wildman–Crippen LogP) is 2.87. The summed E-state index contributed by atoms with van der Waals surface area (Å²) in [4.78, 5) is 5.24. The first-order valence-corrected chi connectivity index (χ1v) is 6.53. The molecule has 2 atom stereocenters. The van der Waals surface area contributed by atoms with Gasteiger partial charge in [-0.3, -0.25) is 4.98 Å². The Morgan fingerprint density at radius 1 is 1.67 bits per heavy atom. The summed E-state index contributed by atoms with van der Waals surface area (Å²) in [5.41, 5.74) is 2.14. The van der Waals surface area contributed by atoms with Crippen LogP contribution in [0.15, 0.2) is 11.7 Å². The SMILES string of the molecule is CC1(C)CCCC1C(O)Cc1cncs1. The highest BCUT2D eigenvalue weighted by Gasteiger charge is 2.38. The third-order valence-corrected chi connectivity index (χ3v) is 4.50. The van der Waals surface area contributed by atoms with Gasteiger partial charge < -0.3 is 5.11 Å². The molecule has 1 N–H and O–H groups in total. The van der Waals surface area contributed by atoms with Gasteiger partial charge >= 0.3 is 0 Å². The Morgan fingerprint density at radius 3 is 3.00 bits per heavy atom. The maximum Gasteiger partial charge on any atom is 0.0794 e. The molecule has 0 spiro atoms. The summed E-state index contributed by atoms with van der Waals surface area (Å²) in [7, 11) is 0. The van der Waals surface area contributed by atoms with Crippen LogP contribution < -0.4 is 0 Å².